The number of carbonyl (C=O) groups is 1. The van der Waals surface area contributed by atoms with Crippen molar-refractivity contribution in [3.63, 3.8) is 0 Å². The number of H-pyrrole nitrogens is 1. The zero-order chi connectivity index (χ0) is 26.9. The van der Waals surface area contributed by atoms with Gasteiger partial charge in [-0.15, -0.1) is 0 Å². The summed E-state index contributed by atoms with van der Waals surface area (Å²) in [4.78, 5) is 24.7. The number of nitrogens with zero attached hydrogens (tertiary/aromatic N) is 3. The summed E-state index contributed by atoms with van der Waals surface area (Å²) in [6.07, 6.45) is 0.782. The number of rotatable bonds is 6. The molecule has 2 aromatic carbocycles. The summed E-state index contributed by atoms with van der Waals surface area (Å²) in [7, 11) is 0. The number of amides is 1. The van der Waals surface area contributed by atoms with E-state index < -0.39 is 17.8 Å². The molecule has 0 radical (unpaired) electrons. The smallest absolute Gasteiger partial charge is 0.416 e. The van der Waals surface area contributed by atoms with Crippen molar-refractivity contribution in [2.75, 3.05) is 23.7 Å². The summed E-state index contributed by atoms with van der Waals surface area (Å²) >= 11 is 3.41. The molecule has 0 aliphatic carbocycles. The molecule has 4 aromatic rings. The number of benzene rings is 2. The van der Waals surface area contributed by atoms with Crippen LogP contribution < -0.4 is 10.6 Å². The highest BCUT2D eigenvalue weighted by atomic mass is 79.9. The van der Waals surface area contributed by atoms with E-state index in [0.717, 1.165) is 39.9 Å². The molecule has 8 nitrogen and oxygen atoms in total. The van der Waals surface area contributed by atoms with E-state index >= 15 is 0 Å². The Morgan fingerprint density at radius 3 is 2.66 bits per heavy atom. The van der Waals surface area contributed by atoms with Gasteiger partial charge in [0.25, 0.3) is 0 Å². The van der Waals surface area contributed by atoms with E-state index in [1.165, 1.54) is 17.0 Å². The molecule has 38 heavy (non-hydrogen) atoms. The van der Waals surface area contributed by atoms with E-state index in [2.05, 4.69) is 41.5 Å². The maximum atomic E-state index is 12.8. The number of anilines is 3. The third kappa shape index (κ3) is 5.59. The van der Waals surface area contributed by atoms with Crippen molar-refractivity contribution in [1.82, 2.24) is 19.9 Å². The fourth-order valence-electron chi connectivity index (χ4n) is 4.23. The number of alkyl halides is 3. The first kappa shape index (κ1) is 25.6. The van der Waals surface area contributed by atoms with Crippen LogP contribution in [0.1, 0.15) is 23.1 Å². The number of aromatic nitrogens is 3. The van der Waals surface area contributed by atoms with Crippen LogP contribution in [0.3, 0.4) is 0 Å². The van der Waals surface area contributed by atoms with Crippen LogP contribution in [0.25, 0.3) is 16.5 Å². The molecule has 1 aliphatic heterocycles. The second-order valence-electron chi connectivity index (χ2n) is 8.73. The van der Waals surface area contributed by atoms with Crippen molar-refractivity contribution in [3.05, 3.63) is 82.1 Å². The van der Waals surface area contributed by atoms with Crippen LogP contribution in [0.5, 0.6) is 0 Å². The molecule has 0 saturated carbocycles. The molecule has 0 unspecified atom stereocenters. The number of nitrogens with one attached hydrogen (secondary N) is 3. The molecule has 2 aromatic heterocycles. The Bertz CT molecular complexity index is 1520. The third-order valence-electron chi connectivity index (χ3n) is 6.25. The molecule has 5 rings (SSSR count). The van der Waals surface area contributed by atoms with Gasteiger partial charge in [-0.3, -0.25) is 0 Å². The van der Waals surface area contributed by atoms with Gasteiger partial charge in [0.15, 0.2) is 0 Å². The SMILES string of the molecule is O=C(O)N1CC=C(c2c[nH]c3ccc(Nc4ncc(Br)c(NCc5ccc(C(F)(F)F)cc5)n4)cc23)CC1. The molecular formula is C26H22BrF3N6O2. The fraction of sp³-hybridized carbons (Fsp3) is 0.192. The van der Waals surface area contributed by atoms with Gasteiger partial charge in [0.1, 0.15) is 5.82 Å². The van der Waals surface area contributed by atoms with Crippen molar-refractivity contribution < 1.29 is 23.1 Å². The average molecular weight is 587 g/mol. The summed E-state index contributed by atoms with van der Waals surface area (Å²) in [6, 6.07) is 10.8. The summed E-state index contributed by atoms with van der Waals surface area (Å²) in [5, 5.41) is 16.5. The lowest BCUT2D eigenvalue weighted by Crippen LogP contribution is -2.33. The van der Waals surface area contributed by atoms with Crippen LogP contribution >= 0.6 is 15.9 Å². The molecule has 0 bridgehead atoms. The molecule has 0 atom stereocenters. The number of hydrogen-bond donors (Lipinski definition) is 4. The Kier molecular flexibility index (Phi) is 6.98. The first-order valence-electron chi connectivity index (χ1n) is 11.7. The summed E-state index contributed by atoms with van der Waals surface area (Å²) in [6.45, 7) is 1.07. The van der Waals surface area contributed by atoms with Crippen molar-refractivity contribution in [1.29, 1.82) is 0 Å². The normalized spacial score (nSPS) is 13.9. The van der Waals surface area contributed by atoms with Gasteiger partial charge >= 0.3 is 12.3 Å². The highest BCUT2D eigenvalue weighted by Crippen LogP contribution is 2.32. The monoisotopic (exact) mass is 586 g/mol. The second kappa shape index (κ2) is 10.4. The molecule has 12 heteroatoms. The van der Waals surface area contributed by atoms with Crippen LogP contribution in [0.15, 0.2) is 65.4 Å². The van der Waals surface area contributed by atoms with Crippen LogP contribution in [-0.2, 0) is 12.7 Å². The van der Waals surface area contributed by atoms with Gasteiger partial charge < -0.3 is 25.6 Å². The van der Waals surface area contributed by atoms with E-state index in [1.54, 1.807) is 6.20 Å². The molecular weight excluding hydrogens is 565 g/mol. The number of aromatic amines is 1. The van der Waals surface area contributed by atoms with Crippen molar-refractivity contribution in [3.8, 4) is 0 Å². The van der Waals surface area contributed by atoms with Gasteiger partial charge in [-0.25, -0.2) is 9.78 Å². The number of fused-ring (bicyclic) bond motifs is 1. The second-order valence-corrected chi connectivity index (χ2v) is 9.59. The van der Waals surface area contributed by atoms with E-state index in [-0.39, 0.29) is 6.54 Å². The topological polar surface area (TPSA) is 106 Å². The molecule has 196 valence electrons. The number of halogens is 4. The minimum absolute atomic E-state index is 0.278. The molecule has 3 heterocycles. The molecule has 4 N–H and O–H groups in total. The van der Waals surface area contributed by atoms with Crippen LogP contribution in [0.2, 0.25) is 0 Å². The van der Waals surface area contributed by atoms with Gasteiger partial charge in [0.05, 0.1) is 10.0 Å². The maximum absolute atomic E-state index is 12.8. The van der Waals surface area contributed by atoms with E-state index in [9.17, 15) is 23.1 Å². The number of carboxylic acid groups (broad SMARTS) is 1. The van der Waals surface area contributed by atoms with E-state index in [4.69, 9.17) is 0 Å². The van der Waals surface area contributed by atoms with Crippen LogP contribution in [-0.4, -0.2) is 44.1 Å². The van der Waals surface area contributed by atoms with E-state index in [1.807, 2.05) is 30.5 Å². The predicted molar refractivity (Wildman–Crippen MR) is 142 cm³/mol. The highest BCUT2D eigenvalue weighted by Gasteiger charge is 2.29. The Morgan fingerprint density at radius 1 is 1.18 bits per heavy atom. The van der Waals surface area contributed by atoms with E-state index in [0.29, 0.717) is 41.3 Å². The average Bonchev–Trinajstić information content (AvgIpc) is 3.32. The lowest BCUT2D eigenvalue weighted by molar-refractivity contribution is -0.137. The van der Waals surface area contributed by atoms with Crippen molar-refractivity contribution in [2.24, 2.45) is 0 Å². The zero-order valence-corrected chi connectivity index (χ0v) is 21.4. The molecule has 0 fully saturated rings. The Hall–Kier alpha value is -4.06. The van der Waals surface area contributed by atoms with Gasteiger partial charge in [-0.2, -0.15) is 18.2 Å². The van der Waals surface area contributed by atoms with Crippen molar-refractivity contribution >= 4 is 56.0 Å². The lowest BCUT2D eigenvalue weighted by Gasteiger charge is -2.23. The summed E-state index contributed by atoms with van der Waals surface area (Å²) in [5.41, 5.74) is 3.79. The third-order valence-corrected chi connectivity index (χ3v) is 6.83. The molecule has 1 aliphatic rings. The quantitative estimate of drug-likeness (QED) is 0.196. The number of hydrogen-bond acceptors (Lipinski definition) is 5. The summed E-state index contributed by atoms with van der Waals surface area (Å²) in [5.74, 6) is 0.828. The van der Waals surface area contributed by atoms with Gasteiger partial charge in [0, 0.05) is 54.2 Å². The predicted octanol–water partition coefficient (Wildman–Crippen LogP) is 6.86. The molecule has 0 spiro atoms. The van der Waals surface area contributed by atoms with Gasteiger partial charge in [0.2, 0.25) is 5.95 Å². The molecule has 1 amide bonds. The standard InChI is InChI=1S/C26H22BrF3N6O2/c27-21-14-33-24(35-23(21)32-12-15-1-3-17(4-2-15)26(28,29)30)34-18-5-6-22-19(11-18)20(13-31-22)16-7-9-36(10-8-16)25(37)38/h1-7,11,13-14,31H,8-10,12H2,(H,37,38)(H2,32,33,34,35). The summed E-state index contributed by atoms with van der Waals surface area (Å²) < 4.78 is 39.0. The van der Waals surface area contributed by atoms with Gasteiger partial charge in [-0.05, 0) is 63.8 Å². The lowest BCUT2D eigenvalue weighted by atomic mass is 9.99. The van der Waals surface area contributed by atoms with Crippen LogP contribution in [0, 0.1) is 0 Å². The first-order chi connectivity index (χ1) is 18.2. The van der Waals surface area contributed by atoms with Crippen LogP contribution in [0.4, 0.5) is 35.4 Å². The minimum Gasteiger partial charge on any atom is -0.465 e. The van der Waals surface area contributed by atoms with Gasteiger partial charge in [-0.1, -0.05) is 18.2 Å². The Labute approximate surface area is 223 Å². The Morgan fingerprint density at radius 2 is 1.97 bits per heavy atom. The Balaban J connectivity index is 1.31. The first-order valence-corrected chi connectivity index (χ1v) is 12.4. The zero-order valence-electron chi connectivity index (χ0n) is 19.8. The highest BCUT2D eigenvalue weighted by molar-refractivity contribution is 9.10. The minimum atomic E-state index is -4.37. The largest absolute Gasteiger partial charge is 0.465 e. The maximum Gasteiger partial charge on any atom is 0.416 e. The van der Waals surface area contributed by atoms with Crippen molar-refractivity contribution in [2.45, 2.75) is 19.1 Å². The fourth-order valence-corrected chi connectivity index (χ4v) is 4.56. The molecule has 0 saturated heterocycles.